The number of carbonyl (C=O) groups is 15. The summed E-state index contributed by atoms with van der Waals surface area (Å²) in [6.45, 7) is 1.45. The van der Waals surface area contributed by atoms with E-state index < -0.39 is 76.8 Å². The molecule has 1 atom stereocenters. The molecule has 706 valence electrons. The van der Waals surface area contributed by atoms with Gasteiger partial charge >= 0.3 is 0 Å². The number of benzene rings is 3. The van der Waals surface area contributed by atoms with Crippen LogP contribution < -0.4 is 79.3 Å². The molecule has 0 saturated carbocycles. The molecule has 0 saturated heterocycles. The lowest BCUT2D eigenvalue weighted by Crippen LogP contribution is -2.30. The van der Waals surface area contributed by atoms with E-state index in [9.17, 15) is 77.0 Å². The predicted octanol–water partition coefficient (Wildman–Crippen LogP) is 6.15. The van der Waals surface area contributed by atoms with Crippen molar-refractivity contribution < 1.29 is 77.0 Å². The lowest BCUT2D eigenvalue weighted by Gasteiger charge is -2.17. The molecular weight excluding hydrogens is 1800 g/mol. The standard InChI is InChI=1S/C88H91ClN32O16/c1-44(122)93-62-38-116(7)75(102-62)85(134)110-67-43-120(11)77(107-67)87(136)108-65-41-115(6)72(105-65)82(131)92-24-21-70(126)101-64-40-117(8)73(103-64)83(132)98-51-30-60(114(5)37-51)81(130)96-49-28-57(111(2)35-49)78(127)90-22-14-17-68(124)100-63-39-118(9)76(104-63)86(135)109-66-42-119(10)74(106-66)84(133)97-50-29-58(112(3)36-50)79(128)91-23-20-69(125)94-48-27-59(113(4)34-48)80(129)95-47-19-18-45-25-55(99-54(45)26-47)88(137)121-33-46(32-89)71-53-16-13-12-15-52(53)61(123)31-56(71)121/h12-13,15-16,18-19,25-31,34-43,46,99,123H,14,17,20-24,32-33H2,1-11H3,(H,90,127)(H,91,128)(H,92,131)(H,93,122)(H,94,125)(H,95,129)(H,96,130)(H,97,133)(H,98,132)(H,100,124)(H,101,126)(H,108,136)(H,109,135)(H,110,134). The van der Waals surface area contributed by atoms with Gasteiger partial charge in [0.05, 0.1) is 28.4 Å². The minimum Gasteiger partial charge on any atom is -0.507 e. The van der Waals surface area contributed by atoms with Crippen molar-refractivity contribution in [2.45, 2.75) is 38.5 Å². The van der Waals surface area contributed by atoms with Crippen molar-refractivity contribution in [3.8, 4) is 5.75 Å². The Hall–Kier alpha value is -18.0. The van der Waals surface area contributed by atoms with Gasteiger partial charge in [-0.05, 0) is 59.8 Å². The van der Waals surface area contributed by atoms with Gasteiger partial charge in [-0.3, -0.25) is 71.9 Å². The number of fused-ring (bicyclic) bond motifs is 4. The van der Waals surface area contributed by atoms with E-state index in [-0.39, 0.29) is 184 Å². The van der Waals surface area contributed by atoms with Gasteiger partial charge in [-0.2, -0.15) is 0 Å². The maximum absolute atomic E-state index is 14.1. The molecule has 0 aliphatic carbocycles. The highest BCUT2D eigenvalue weighted by Crippen LogP contribution is 2.46. The molecule has 3 aromatic carbocycles. The first-order chi connectivity index (χ1) is 65.3. The molecular formula is C88H91ClN32O16. The number of halogens is 1. The molecule has 1 aliphatic heterocycles. The number of hydrogen-bond donors (Lipinski definition) is 16. The molecule has 0 bridgehead atoms. The second-order valence-corrected chi connectivity index (χ2v) is 32.6. The van der Waals surface area contributed by atoms with Crippen LogP contribution in [0.3, 0.4) is 0 Å². The van der Waals surface area contributed by atoms with E-state index in [1.165, 1.54) is 163 Å². The van der Waals surface area contributed by atoms with Crippen molar-refractivity contribution in [3.05, 3.63) is 210 Å². The van der Waals surface area contributed by atoms with Crippen LogP contribution in [-0.4, -0.2) is 206 Å². The molecule has 15 rings (SSSR count). The van der Waals surface area contributed by atoms with Gasteiger partial charge in [0.2, 0.25) is 58.6 Å². The van der Waals surface area contributed by atoms with Crippen LogP contribution in [0.5, 0.6) is 5.75 Å². The third-order valence-electron chi connectivity index (χ3n) is 21.9. The quantitative estimate of drug-likeness (QED) is 0.0162. The summed E-state index contributed by atoms with van der Waals surface area (Å²) >= 11 is 6.43. The Labute approximate surface area is 780 Å². The van der Waals surface area contributed by atoms with Crippen LogP contribution >= 0.6 is 11.6 Å². The number of rotatable bonds is 33. The molecule has 0 spiro atoms. The summed E-state index contributed by atoms with van der Waals surface area (Å²) in [6.07, 6.45) is 14.3. The van der Waals surface area contributed by atoms with Gasteiger partial charge in [-0.25, -0.2) is 29.9 Å². The number of amides is 15. The highest BCUT2D eigenvalue weighted by Gasteiger charge is 2.37. The molecule has 12 heterocycles. The Morgan fingerprint density at radius 2 is 0.723 bits per heavy atom. The number of hydrogen-bond acceptors (Lipinski definition) is 22. The SMILES string of the molecule is CC(=O)Nc1cn(C)c(C(=O)Nc2cn(C)c(C(=O)Nc3cn(C)c(C(=O)NCCC(=O)Nc4cn(C)c(C(=O)Nc5cc(C(=O)Nc6cc(C(=O)NCCCC(=O)Nc7cn(C)c(C(=O)Nc8cn(C)c(C(=O)Nc9cc(C(=O)NCCC(=O)Nc%10cc(C(=O)Nc%11ccc%12cc(C(=O)N%13CC(CCl)c%14c%13cc(O)c%13ccccc%14%13)[nH]c%12c%11)n(C)c%10)n(C)c9)n8)n7)n(C)c6)n(C)c5)n4)n3)n2)n1. The Morgan fingerprint density at radius 3 is 1.16 bits per heavy atom. The number of imidazole rings is 6. The van der Waals surface area contributed by atoms with E-state index in [2.05, 4.69) is 109 Å². The van der Waals surface area contributed by atoms with Crippen molar-refractivity contribution in [3.63, 3.8) is 0 Å². The first-order valence-electron chi connectivity index (χ1n) is 42.2. The van der Waals surface area contributed by atoms with Gasteiger partial charge in [-0.1, -0.05) is 30.3 Å². The number of carbonyl (C=O) groups excluding carboxylic acids is 15. The highest BCUT2D eigenvalue weighted by atomic mass is 35.5. The molecule has 137 heavy (non-hydrogen) atoms. The molecule has 16 N–H and O–H groups in total. The van der Waals surface area contributed by atoms with Crippen molar-refractivity contribution in [1.82, 2.24) is 96.5 Å². The minimum atomic E-state index is -0.732. The zero-order valence-corrected chi connectivity index (χ0v) is 76.0. The molecule has 11 aromatic heterocycles. The zero-order chi connectivity index (χ0) is 97.8. The summed E-state index contributed by atoms with van der Waals surface area (Å²) in [5.41, 5.74) is 4.49. The summed E-state index contributed by atoms with van der Waals surface area (Å²) in [5, 5.41) is 50.4. The van der Waals surface area contributed by atoms with Gasteiger partial charge in [-0.15, -0.1) is 11.6 Å². The second kappa shape index (κ2) is 39.2. The van der Waals surface area contributed by atoms with E-state index in [1.54, 1.807) is 81.2 Å². The van der Waals surface area contributed by atoms with Crippen molar-refractivity contribution in [1.29, 1.82) is 0 Å². The van der Waals surface area contributed by atoms with Crippen molar-refractivity contribution >= 4 is 191 Å². The molecule has 0 fully saturated rings. The third-order valence-corrected chi connectivity index (χ3v) is 22.2. The monoisotopic (exact) mass is 1890 g/mol. The summed E-state index contributed by atoms with van der Waals surface area (Å²) in [7, 11) is 15.6. The van der Waals surface area contributed by atoms with E-state index >= 15 is 0 Å². The van der Waals surface area contributed by atoms with E-state index in [4.69, 9.17) is 11.6 Å². The average molecular weight is 1890 g/mol. The van der Waals surface area contributed by atoms with Crippen LogP contribution in [0.25, 0.3) is 21.7 Å². The predicted molar refractivity (Wildman–Crippen MR) is 501 cm³/mol. The number of H-pyrrole nitrogens is 1. The maximum Gasteiger partial charge on any atom is 0.292 e. The van der Waals surface area contributed by atoms with Gasteiger partial charge in [0, 0.05) is 225 Å². The first-order valence-corrected chi connectivity index (χ1v) is 42.7. The molecule has 15 amide bonds. The number of aromatic amines is 1. The van der Waals surface area contributed by atoms with Gasteiger partial charge in [0.15, 0.2) is 34.9 Å². The maximum atomic E-state index is 14.1. The van der Waals surface area contributed by atoms with E-state index in [0.29, 0.717) is 40.2 Å². The number of alkyl halides is 1. The fourth-order valence-electron chi connectivity index (χ4n) is 15.5. The number of anilines is 12. The molecule has 14 aromatic rings. The summed E-state index contributed by atoms with van der Waals surface area (Å²) < 4.78 is 14.2. The fraction of sp³-hybridized carbons (Fsp3) is 0.239. The van der Waals surface area contributed by atoms with Gasteiger partial charge in [0.1, 0.15) is 34.2 Å². The lowest BCUT2D eigenvalue weighted by molar-refractivity contribution is -0.117. The molecule has 0 radical (unpaired) electrons. The number of nitrogens with one attached hydrogen (secondary N) is 15. The molecule has 48 nitrogen and oxygen atoms in total. The Kier molecular flexibility index (Phi) is 26.8. The third kappa shape index (κ3) is 21.0. The Bertz CT molecular complexity index is 7290. The van der Waals surface area contributed by atoms with Crippen molar-refractivity contribution in [2.24, 2.45) is 70.5 Å². The minimum absolute atomic E-state index is 0.00757. The van der Waals surface area contributed by atoms with Crippen LogP contribution in [0.1, 0.15) is 160 Å². The Morgan fingerprint density at radius 1 is 0.365 bits per heavy atom. The smallest absolute Gasteiger partial charge is 0.292 e. The van der Waals surface area contributed by atoms with Crippen LogP contribution in [0, 0.1) is 0 Å². The summed E-state index contributed by atoms with van der Waals surface area (Å²) in [6, 6.07) is 21.7. The molecule has 1 aliphatic rings. The number of phenols is 1. The van der Waals surface area contributed by atoms with Gasteiger partial charge in [0.25, 0.3) is 65.0 Å². The highest BCUT2D eigenvalue weighted by molar-refractivity contribution is 6.20. The van der Waals surface area contributed by atoms with Crippen LogP contribution in [0.4, 0.5) is 69.0 Å². The van der Waals surface area contributed by atoms with E-state index in [0.717, 1.165) is 16.3 Å². The Balaban J connectivity index is 0.445. The average Bonchev–Trinajstić information content (AvgIpc) is 1.59. The molecule has 1 unspecified atom stereocenters. The van der Waals surface area contributed by atoms with E-state index in [1.807, 2.05) is 24.3 Å². The number of aromatic hydroxyl groups is 1. The molecule has 49 heteroatoms. The summed E-state index contributed by atoms with van der Waals surface area (Å²) in [4.78, 5) is 229. The zero-order valence-electron chi connectivity index (χ0n) is 75.3. The lowest BCUT2D eigenvalue weighted by atomic mass is 9.95. The number of phenolic OH excluding ortho intramolecular Hbond substituents is 1. The first kappa shape index (κ1) is 93.7. The van der Waals surface area contributed by atoms with Crippen LogP contribution in [-0.2, 0) is 89.7 Å². The largest absolute Gasteiger partial charge is 0.507 e. The normalized spacial score (nSPS) is 12.1. The second-order valence-electron chi connectivity index (χ2n) is 32.3. The van der Waals surface area contributed by atoms with Gasteiger partial charge < -0.3 is 135 Å². The number of nitrogens with zero attached hydrogens (tertiary/aromatic N) is 17. The van der Waals surface area contributed by atoms with Crippen LogP contribution in [0.2, 0.25) is 0 Å². The number of aryl methyl sites for hydroxylation is 10. The van der Waals surface area contributed by atoms with Crippen molar-refractivity contribution in [2.75, 3.05) is 95.4 Å². The number of aromatic nitrogens is 17. The topological polar surface area (TPSA) is 590 Å². The van der Waals surface area contributed by atoms with Crippen LogP contribution in [0.15, 0.2) is 141 Å². The fourth-order valence-corrected chi connectivity index (χ4v) is 15.7. The summed E-state index contributed by atoms with van der Waals surface area (Å²) in [5.74, 6) is -8.71.